The first-order chi connectivity index (χ1) is 11.2. The number of ether oxygens (including phenoxy) is 2. The standard InChI is InChI=1S/C18H29N3O2/c1-3-23-17(14-6-4-5-7-14)12-13-20-18(19)21-15-8-10-16(22-2)11-9-15/h8-11,14,17H,3-7,12-13H2,1-2H3,(H3,19,20,21). The van der Waals surface area contributed by atoms with Gasteiger partial charge in [-0.1, -0.05) is 12.8 Å². The summed E-state index contributed by atoms with van der Waals surface area (Å²) in [6, 6.07) is 7.62. The molecule has 5 nitrogen and oxygen atoms in total. The minimum absolute atomic E-state index is 0.319. The van der Waals surface area contributed by atoms with Gasteiger partial charge < -0.3 is 20.5 Å². The van der Waals surface area contributed by atoms with Crippen molar-refractivity contribution in [1.29, 1.82) is 0 Å². The van der Waals surface area contributed by atoms with Gasteiger partial charge in [-0.2, -0.15) is 0 Å². The van der Waals surface area contributed by atoms with Gasteiger partial charge in [-0.3, -0.25) is 4.99 Å². The summed E-state index contributed by atoms with van der Waals surface area (Å²) < 4.78 is 11.0. The highest BCUT2D eigenvalue weighted by Crippen LogP contribution is 2.30. The fourth-order valence-electron chi connectivity index (χ4n) is 3.17. The van der Waals surface area contributed by atoms with Crippen molar-refractivity contribution in [2.75, 3.05) is 25.6 Å². The van der Waals surface area contributed by atoms with Crippen LogP contribution in [-0.2, 0) is 4.74 Å². The summed E-state index contributed by atoms with van der Waals surface area (Å²) in [5.74, 6) is 1.96. The molecule has 1 aliphatic rings. The van der Waals surface area contributed by atoms with Crippen molar-refractivity contribution in [3.8, 4) is 5.75 Å². The zero-order chi connectivity index (χ0) is 16.5. The summed E-state index contributed by atoms with van der Waals surface area (Å²) in [5, 5.41) is 3.10. The molecule has 0 spiro atoms. The van der Waals surface area contributed by atoms with Crippen LogP contribution >= 0.6 is 0 Å². The lowest BCUT2D eigenvalue weighted by Crippen LogP contribution is -2.26. The Morgan fingerprint density at radius 1 is 1.30 bits per heavy atom. The van der Waals surface area contributed by atoms with Crippen molar-refractivity contribution in [2.24, 2.45) is 16.6 Å². The molecule has 1 fully saturated rings. The molecule has 128 valence electrons. The number of anilines is 1. The number of aliphatic imine (C=N–C) groups is 1. The Morgan fingerprint density at radius 3 is 2.61 bits per heavy atom. The average Bonchev–Trinajstić information content (AvgIpc) is 3.09. The van der Waals surface area contributed by atoms with Gasteiger partial charge in [0.1, 0.15) is 5.75 Å². The fourth-order valence-corrected chi connectivity index (χ4v) is 3.17. The molecule has 0 radical (unpaired) electrons. The first kappa shape index (κ1) is 17.6. The molecule has 0 aliphatic heterocycles. The lowest BCUT2D eigenvalue weighted by atomic mass is 9.98. The van der Waals surface area contributed by atoms with E-state index >= 15 is 0 Å². The SMILES string of the molecule is CCOC(CCN=C(N)Nc1ccc(OC)cc1)C1CCCC1. The van der Waals surface area contributed by atoms with Crippen LogP contribution in [0.2, 0.25) is 0 Å². The van der Waals surface area contributed by atoms with Crippen LogP contribution < -0.4 is 15.8 Å². The molecule has 0 heterocycles. The van der Waals surface area contributed by atoms with E-state index in [-0.39, 0.29) is 0 Å². The number of nitrogens with one attached hydrogen (secondary N) is 1. The second kappa shape index (κ2) is 9.40. The third-order valence-electron chi connectivity index (χ3n) is 4.36. The molecule has 5 heteroatoms. The van der Waals surface area contributed by atoms with Crippen molar-refractivity contribution in [3.63, 3.8) is 0 Å². The van der Waals surface area contributed by atoms with Crippen LogP contribution in [0.5, 0.6) is 5.75 Å². The van der Waals surface area contributed by atoms with Crippen LogP contribution in [0.25, 0.3) is 0 Å². The topological polar surface area (TPSA) is 68.9 Å². The molecule has 23 heavy (non-hydrogen) atoms. The average molecular weight is 319 g/mol. The fraction of sp³-hybridized carbons (Fsp3) is 0.611. The van der Waals surface area contributed by atoms with Gasteiger partial charge in [0.05, 0.1) is 13.2 Å². The Kier molecular flexibility index (Phi) is 7.20. The monoisotopic (exact) mass is 319 g/mol. The van der Waals surface area contributed by atoms with Gasteiger partial charge in [0, 0.05) is 18.8 Å². The van der Waals surface area contributed by atoms with Crippen molar-refractivity contribution in [2.45, 2.75) is 45.1 Å². The maximum atomic E-state index is 5.96. The molecule has 0 aromatic heterocycles. The quantitative estimate of drug-likeness (QED) is 0.569. The largest absolute Gasteiger partial charge is 0.497 e. The van der Waals surface area contributed by atoms with E-state index in [1.807, 2.05) is 24.3 Å². The highest BCUT2D eigenvalue weighted by Gasteiger charge is 2.24. The van der Waals surface area contributed by atoms with Crippen LogP contribution in [0, 0.1) is 5.92 Å². The smallest absolute Gasteiger partial charge is 0.193 e. The van der Waals surface area contributed by atoms with Crippen LogP contribution in [0.4, 0.5) is 5.69 Å². The van der Waals surface area contributed by atoms with Crippen molar-refractivity contribution >= 4 is 11.6 Å². The van der Waals surface area contributed by atoms with E-state index in [2.05, 4.69) is 17.2 Å². The second-order valence-electron chi connectivity index (χ2n) is 5.95. The van der Waals surface area contributed by atoms with Gasteiger partial charge in [0.15, 0.2) is 5.96 Å². The zero-order valence-electron chi connectivity index (χ0n) is 14.3. The first-order valence-electron chi connectivity index (χ1n) is 8.55. The van der Waals surface area contributed by atoms with Crippen molar-refractivity contribution in [3.05, 3.63) is 24.3 Å². The van der Waals surface area contributed by atoms with E-state index in [0.717, 1.165) is 24.5 Å². The molecular weight excluding hydrogens is 290 g/mol. The summed E-state index contributed by atoms with van der Waals surface area (Å²) >= 11 is 0. The number of methoxy groups -OCH3 is 1. The summed E-state index contributed by atoms with van der Waals surface area (Å²) in [6.07, 6.45) is 6.49. The van der Waals surface area contributed by atoms with E-state index < -0.39 is 0 Å². The Labute approximate surface area is 139 Å². The molecule has 0 saturated heterocycles. The lowest BCUT2D eigenvalue weighted by molar-refractivity contribution is 0.0178. The Morgan fingerprint density at radius 2 is 2.00 bits per heavy atom. The predicted molar refractivity (Wildman–Crippen MR) is 95.1 cm³/mol. The highest BCUT2D eigenvalue weighted by atomic mass is 16.5. The molecule has 1 unspecified atom stereocenters. The molecule has 1 atom stereocenters. The Bertz CT molecular complexity index is 482. The zero-order valence-corrected chi connectivity index (χ0v) is 14.3. The van der Waals surface area contributed by atoms with Gasteiger partial charge in [-0.15, -0.1) is 0 Å². The summed E-state index contributed by atoms with van der Waals surface area (Å²) in [4.78, 5) is 4.43. The molecule has 1 aromatic rings. The summed E-state index contributed by atoms with van der Waals surface area (Å²) in [7, 11) is 1.65. The van der Waals surface area contributed by atoms with Crippen LogP contribution in [0.15, 0.2) is 29.3 Å². The van der Waals surface area contributed by atoms with Gasteiger partial charge in [0.2, 0.25) is 0 Å². The van der Waals surface area contributed by atoms with E-state index in [9.17, 15) is 0 Å². The molecule has 1 aliphatic carbocycles. The van der Waals surface area contributed by atoms with Crippen LogP contribution in [0.1, 0.15) is 39.0 Å². The summed E-state index contributed by atoms with van der Waals surface area (Å²) in [5.41, 5.74) is 6.86. The van der Waals surface area contributed by atoms with E-state index in [4.69, 9.17) is 15.2 Å². The predicted octanol–water partition coefficient (Wildman–Crippen LogP) is 3.41. The first-order valence-corrected chi connectivity index (χ1v) is 8.55. The second-order valence-corrected chi connectivity index (χ2v) is 5.95. The maximum absolute atomic E-state index is 5.96. The number of rotatable bonds is 8. The van der Waals surface area contributed by atoms with Gasteiger partial charge in [0.25, 0.3) is 0 Å². The number of benzene rings is 1. The molecule has 1 aromatic carbocycles. The van der Waals surface area contributed by atoms with Crippen LogP contribution in [-0.4, -0.2) is 32.3 Å². The molecule has 2 rings (SSSR count). The van der Waals surface area contributed by atoms with Crippen molar-refractivity contribution < 1.29 is 9.47 Å². The Balaban J connectivity index is 1.80. The van der Waals surface area contributed by atoms with Crippen LogP contribution in [0.3, 0.4) is 0 Å². The van der Waals surface area contributed by atoms with E-state index in [1.54, 1.807) is 7.11 Å². The number of guanidine groups is 1. The van der Waals surface area contributed by atoms with E-state index in [0.29, 0.717) is 24.5 Å². The molecule has 0 amide bonds. The van der Waals surface area contributed by atoms with Crippen molar-refractivity contribution in [1.82, 2.24) is 0 Å². The number of hydrogen-bond acceptors (Lipinski definition) is 3. The molecule has 0 bridgehead atoms. The molecular formula is C18H29N3O2. The summed E-state index contributed by atoms with van der Waals surface area (Å²) in [6.45, 7) is 3.52. The minimum atomic E-state index is 0.319. The maximum Gasteiger partial charge on any atom is 0.193 e. The highest BCUT2D eigenvalue weighted by molar-refractivity contribution is 5.92. The third-order valence-corrected chi connectivity index (χ3v) is 4.36. The van der Waals surface area contributed by atoms with Gasteiger partial charge >= 0.3 is 0 Å². The molecule has 1 saturated carbocycles. The van der Waals surface area contributed by atoms with Gasteiger partial charge in [-0.25, -0.2) is 0 Å². The third kappa shape index (κ3) is 5.75. The normalized spacial score (nSPS) is 17.2. The number of nitrogens with zero attached hydrogens (tertiary/aromatic N) is 1. The molecule has 3 N–H and O–H groups in total. The van der Waals surface area contributed by atoms with Gasteiger partial charge in [-0.05, 0) is 56.4 Å². The minimum Gasteiger partial charge on any atom is -0.497 e. The lowest BCUT2D eigenvalue weighted by Gasteiger charge is -2.22. The number of hydrogen-bond donors (Lipinski definition) is 2. The Hall–Kier alpha value is -1.75. The van der Waals surface area contributed by atoms with E-state index in [1.165, 1.54) is 25.7 Å². The number of nitrogens with two attached hydrogens (primary N) is 1.